The highest BCUT2D eigenvalue weighted by atomic mass is 14.5. The fourth-order valence-corrected chi connectivity index (χ4v) is 21.3. The van der Waals surface area contributed by atoms with Gasteiger partial charge in [-0.25, -0.2) is 0 Å². The first-order valence-electron chi connectivity index (χ1n) is 42.6. The van der Waals surface area contributed by atoms with Gasteiger partial charge in [0.1, 0.15) is 0 Å². The first-order chi connectivity index (χ1) is 51.6. The molecule has 0 saturated heterocycles. The maximum Gasteiger partial charge on any atom is 0.0215 e. The highest BCUT2D eigenvalue weighted by molar-refractivity contribution is 6.12. The molecule has 106 heavy (non-hydrogen) atoms. The van der Waals surface area contributed by atoms with Crippen LogP contribution < -0.4 is 0 Å². The molecule has 0 atom stereocenters. The Kier molecular flexibility index (Phi) is 21.4. The molecule has 11 aromatic rings. The van der Waals surface area contributed by atoms with Crippen LogP contribution in [0.2, 0.25) is 0 Å². The second kappa shape index (κ2) is 30.9. The SMILES string of the molecule is CCCCCCCCC1(CCCCCCCC)c2cc3c(cc2-c2cc4c(cc21)-c1cc2c(cc1C4(CCCCCCCC)CCCCCCCC)-c1c(cc(-c4cc(C)c(-c5ccccc5)cc4C)c4ccccc14)C2(C)C)C(C)(C)c1cc(-c2cc(C)c(-c4ccccc4)cc2C)c2ccccc2c1-3. The Morgan fingerprint density at radius 3 is 0.774 bits per heavy atom. The van der Waals surface area contributed by atoms with Gasteiger partial charge in [-0.1, -0.05) is 343 Å². The lowest BCUT2D eigenvalue weighted by Crippen LogP contribution is -2.27. The first-order valence-corrected chi connectivity index (χ1v) is 42.6. The van der Waals surface area contributed by atoms with Gasteiger partial charge in [-0.05, 0) is 279 Å². The third kappa shape index (κ3) is 13.0. The standard InChI is InChI=1S/C106H122/c1-13-17-21-25-29-43-55-105(56-44-30-26-22-18-14-2)95-67-90-88-66-94-92(102-80-54-42-40-52-78(80)86(64-100(102)104(94,11)12)84-62-72(6)82(60-74(84)8)76-49-37-34-38-50-76)70-98(88)106(57-45-31-27-23-19-15-3,58-46-32-28-24-20-16-4)96(90)68-89(95)87-65-93-91(69-97(87)105)101-79-53-41-39-51-77(79)85(63-99(101)103(93,9)10)83-61-71(5)81(59-73(83)7)75-47-35-33-36-48-75/h33-42,47-54,59-70H,13-32,43-46,55-58H2,1-12H3. The van der Waals surface area contributed by atoms with Crippen LogP contribution >= 0.6 is 0 Å². The molecular formula is C106H122. The summed E-state index contributed by atoms with van der Waals surface area (Å²) in [6.07, 6.45) is 36.1. The zero-order valence-corrected chi connectivity index (χ0v) is 67.1. The number of aryl methyl sites for hydroxylation is 4. The molecule has 4 aliphatic carbocycles. The Morgan fingerprint density at radius 2 is 0.453 bits per heavy atom. The van der Waals surface area contributed by atoms with Gasteiger partial charge in [-0.3, -0.25) is 0 Å². The second-order valence-electron chi connectivity index (χ2n) is 34.8. The van der Waals surface area contributed by atoms with Gasteiger partial charge in [0.25, 0.3) is 0 Å². The van der Waals surface area contributed by atoms with Crippen LogP contribution in [0.3, 0.4) is 0 Å². The van der Waals surface area contributed by atoms with E-state index in [2.05, 4.69) is 265 Å². The molecule has 0 saturated carbocycles. The fraction of sp³-hybridized carbons (Fsp3) is 0.415. The molecule has 4 aliphatic rings. The highest BCUT2D eigenvalue weighted by Crippen LogP contribution is 2.66. The van der Waals surface area contributed by atoms with Gasteiger partial charge in [0.05, 0.1) is 0 Å². The van der Waals surface area contributed by atoms with E-state index in [4.69, 9.17) is 0 Å². The van der Waals surface area contributed by atoms with Crippen molar-refractivity contribution < 1.29 is 0 Å². The Bertz CT molecular complexity index is 4690. The third-order valence-corrected chi connectivity index (χ3v) is 27.2. The van der Waals surface area contributed by atoms with Crippen molar-refractivity contribution in [1.29, 1.82) is 0 Å². The van der Waals surface area contributed by atoms with Crippen molar-refractivity contribution in [2.24, 2.45) is 0 Å². The van der Waals surface area contributed by atoms with Crippen molar-refractivity contribution in [3.8, 4) is 89.0 Å². The van der Waals surface area contributed by atoms with E-state index in [0.717, 1.165) is 0 Å². The normalized spacial score (nSPS) is 14.8. The summed E-state index contributed by atoms with van der Waals surface area (Å²) in [5, 5.41) is 5.52. The van der Waals surface area contributed by atoms with Crippen LogP contribution in [0.25, 0.3) is 111 Å². The van der Waals surface area contributed by atoms with E-state index < -0.39 is 0 Å². The summed E-state index contributed by atoms with van der Waals surface area (Å²) in [6, 6.07) is 73.6. The van der Waals surface area contributed by atoms with E-state index in [1.165, 1.54) is 313 Å². The van der Waals surface area contributed by atoms with Gasteiger partial charge in [0.2, 0.25) is 0 Å². The molecule has 0 unspecified atom stereocenters. The van der Waals surface area contributed by atoms with Crippen LogP contribution in [0.5, 0.6) is 0 Å². The van der Waals surface area contributed by atoms with Crippen molar-refractivity contribution >= 4 is 21.5 Å². The van der Waals surface area contributed by atoms with Crippen LogP contribution in [0.4, 0.5) is 0 Å². The molecule has 0 heterocycles. The minimum atomic E-state index is -0.235. The Balaban J connectivity index is 0.946. The van der Waals surface area contributed by atoms with Crippen LogP contribution in [-0.4, -0.2) is 0 Å². The molecular weight excluding hydrogens is 1270 g/mol. The summed E-state index contributed by atoms with van der Waals surface area (Å²) in [7, 11) is 0. The molecule has 0 amide bonds. The number of fused-ring (bicyclic) bond motifs is 16. The number of hydrogen-bond donors (Lipinski definition) is 0. The van der Waals surface area contributed by atoms with Gasteiger partial charge in [0.15, 0.2) is 0 Å². The minimum absolute atomic E-state index is 0.122. The van der Waals surface area contributed by atoms with Gasteiger partial charge >= 0.3 is 0 Å². The van der Waals surface area contributed by atoms with Crippen molar-refractivity contribution in [1.82, 2.24) is 0 Å². The molecule has 0 heteroatoms. The van der Waals surface area contributed by atoms with Gasteiger partial charge in [-0.2, -0.15) is 0 Å². The molecule has 0 radical (unpaired) electrons. The molecule has 546 valence electrons. The van der Waals surface area contributed by atoms with Crippen molar-refractivity contribution in [2.75, 3.05) is 0 Å². The molecule has 0 bridgehead atoms. The largest absolute Gasteiger partial charge is 0.0654 e. The smallest absolute Gasteiger partial charge is 0.0215 e. The Hall–Kier alpha value is -8.06. The molecule has 11 aromatic carbocycles. The van der Waals surface area contributed by atoms with Gasteiger partial charge < -0.3 is 0 Å². The zero-order valence-electron chi connectivity index (χ0n) is 67.1. The van der Waals surface area contributed by atoms with E-state index in [0.29, 0.717) is 0 Å². The Labute approximate surface area is 639 Å². The summed E-state index contributed by atoms with van der Waals surface area (Å²) in [5.41, 5.74) is 39.9. The summed E-state index contributed by atoms with van der Waals surface area (Å²) >= 11 is 0. The lowest BCUT2D eigenvalue weighted by molar-refractivity contribution is 0.394. The lowest BCUT2D eigenvalue weighted by atomic mass is 9.68. The maximum atomic E-state index is 2.94. The average molecular weight is 1400 g/mol. The van der Waals surface area contributed by atoms with Crippen molar-refractivity contribution in [2.45, 2.75) is 285 Å². The first kappa shape index (κ1) is 73.5. The zero-order chi connectivity index (χ0) is 73.5. The summed E-state index contributed by atoms with van der Waals surface area (Å²) in [6.45, 7) is 29.2. The molecule has 0 nitrogen and oxygen atoms in total. The molecule has 15 rings (SSSR count). The fourth-order valence-electron chi connectivity index (χ4n) is 21.3. The summed E-state index contributed by atoms with van der Waals surface area (Å²) < 4.78 is 0. The van der Waals surface area contributed by atoms with Crippen LogP contribution in [0.1, 0.15) is 302 Å². The summed E-state index contributed by atoms with van der Waals surface area (Å²) in [5.74, 6) is 0. The predicted octanol–water partition coefficient (Wildman–Crippen LogP) is 32.0. The second-order valence-corrected chi connectivity index (χ2v) is 34.8. The van der Waals surface area contributed by atoms with Crippen molar-refractivity contribution in [3.63, 3.8) is 0 Å². The number of rotatable bonds is 32. The minimum Gasteiger partial charge on any atom is -0.0654 e. The monoisotopic (exact) mass is 1390 g/mol. The average Bonchev–Trinajstić information content (AvgIpc) is 1.51. The maximum absolute atomic E-state index is 2.94. The highest BCUT2D eigenvalue weighted by Gasteiger charge is 2.51. The molecule has 0 fully saturated rings. The van der Waals surface area contributed by atoms with Crippen molar-refractivity contribution in [3.05, 3.63) is 249 Å². The van der Waals surface area contributed by atoms with E-state index in [1.54, 1.807) is 44.5 Å². The molecule has 0 aromatic heterocycles. The van der Waals surface area contributed by atoms with Crippen LogP contribution in [0.15, 0.2) is 182 Å². The van der Waals surface area contributed by atoms with E-state index in [9.17, 15) is 0 Å². The predicted molar refractivity (Wildman–Crippen MR) is 462 cm³/mol. The number of unbranched alkanes of at least 4 members (excludes halogenated alkanes) is 20. The quantitative estimate of drug-likeness (QED) is 0.0369. The van der Waals surface area contributed by atoms with E-state index in [-0.39, 0.29) is 21.7 Å². The van der Waals surface area contributed by atoms with E-state index in [1.807, 2.05) is 0 Å². The van der Waals surface area contributed by atoms with Crippen LogP contribution in [-0.2, 0) is 21.7 Å². The third-order valence-electron chi connectivity index (χ3n) is 27.2. The Morgan fingerprint density at radius 1 is 0.208 bits per heavy atom. The van der Waals surface area contributed by atoms with Gasteiger partial charge in [-0.15, -0.1) is 0 Å². The molecule has 0 N–H and O–H groups in total. The number of hydrogen-bond acceptors (Lipinski definition) is 0. The van der Waals surface area contributed by atoms with Crippen LogP contribution in [0, 0.1) is 27.7 Å². The van der Waals surface area contributed by atoms with Gasteiger partial charge in [0, 0.05) is 21.7 Å². The molecule has 0 spiro atoms. The topological polar surface area (TPSA) is 0 Å². The number of benzene rings is 11. The van der Waals surface area contributed by atoms with E-state index >= 15 is 0 Å². The lowest BCUT2D eigenvalue weighted by Gasteiger charge is -2.35. The summed E-state index contributed by atoms with van der Waals surface area (Å²) in [4.78, 5) is 0. The molecule has 0 aliphatic heterocycles.